The van der Waals surface area contributed by atoms with Crippen molar-refractivity contribution in [2.75, 3.05) is 6.54 Å². The molecule has 1 saturated heterocycles. The third kappa shape index (κ3) is 4.50. The first-order valence-corrected chi connectivity index (χ1v) is 12.1. The molecule has 0 bridgehead atoms. The first-order valence-electron chi connectivity index (χ1n) is 7.99. The Morgan fingerprint density at radius 2 is 1.93 bits per heavy atom. The van der Waals surface area contributed by atoms with E-state index in [1.807, 2.05) is 22.6 Å². The molecule has 1 amide bonds. The highest BCUT2D eigenvalue weighted by molar-refractivity contribution is 14.1. The maximum atomic E-state index is 14.3. The van der Waals surface area contributed by atoms with E-state index in [1.165, 1.54) is 23.1 Å². The van der Waals surface area contributed by atoms with Gasteiger partial charge in [0.15, 0.2) is 5.17 Å². The second kappa shape index (κ2) is 8.64. The van der Waals surface area contributed by atoms with Crippen molar-refractivity contribution in [3.05, 3.63) is 66.8 Å². The Morgan fingerprint density at radius 1 is 1.25 bits per heavy atom. The Bertz CT molecular complexity index is 1100. The smallest absolute Gasteiger partial charge is 0.284 e. The van der Waals surface area contributed by atoms with Gasteiger partial charge in [-0.2, -0.15) is 8.42 Å². The Hall–Kier alpha value is -1.24. The molecule has 2 aromatic rings. The molecule has 0 N–H and O–H groups in total. The molecule has 1 aliphatic rings. The second-order valence-corrected chi connectivity index (χ2v) is 10.3. The van der Waals surface area contributed by atoms with E-state index in [9.17, 15) is 17.6 Å². The summed E-state index contributed by atoms with van der Waals surface area (Å²) in [5, 5.41) is 0.0488. The highest BCUT2D eigenvalue weighted by atomic mass is 127. The number of amides is 1. The molecule has 0 unspecified atom stereocenters. The van der Waals surface area contributed by atoms with Crippen LogP contribution in [0.5, 0.6) is 0 Å². The zero-order valence-corrected chi connectivity index (χ0v) is 19.8. The fourth-order valence-corrected chi connectivity index (χ4v) is 5.41. The van der Waals surface area contributed by atoms with E-state index in [2.05, 4.69) is 20.3 Å². The number of hydrogen-bond acceptors (Lipinski definition) is 4. The summed E-state index contributed by atoms with van der Waals surface area (Å²) in [5.41, 5.74) is 0.260. The topological polar surface area (TPSA) is 66.8 Å². The molecule has 0 spiro atoms. The molecule has 3 rings (SSSR count). The summed E-state index contributed by atoms with van der Waals surface area (Å²) < 4.78 is 44.5. The van der Waals surface area contributed by atoms with Gasteiger partial charge in [0.2, 0.25) is 0 Å². The number of amidine groups is 1. The largest absolute Gasteiger partial charge is 0.286 e. The molecule has 5 nitrogen and oxygen atoms in total. The number of halogens is 3. The van der Waals surface area contributed by atoms with Crippen LogP contribution in [0.2, 0.25) is 0 Å². The molecule has 0 atom stereocenters. The zero-order valence-electron chi connectivity index (χ0n) is 14.4. The Morgan fingerprint density at radius 3 is 2.57 bits per heavy atom. The van der Waals surface area contributed by atoms with Gasteiger partial charge in [-0.3, -0.25) is 9.69 Å². The number of rotatable bonds is 4. The monoisotopic (exact) mass is 594 g/mol. The first kappa shape index (κ1) is 21.5. The van der Waals surface area contributed by atoms with Crippen molar-refractivity contribution in [3.8, 4) is 0 Å². The molecule has 0 radical (unpaired) electrons. The lowest BCUT2D eigenvalue weighted by molar-refractivity contribution is -0.122. The predicted molar refractivity (Wildman–Crippen MR) is 121 cm³/mol. The minimum atomic E-state index is -3.99. The number of carbonyl (C=O) groups is 1. The number of sulfonamides is 1. The number of carbonyl (C=O) groups excluding carboxylic acids is 1. The second-order valence-electron chi connectivity index (χ2n) is 5.61. The van der Waals surface area contributed by atoms with Gasteiger partial charge in [0.05, 0.1) is 9.80 Å². The van der Waals surface area contributed by atoms with E-state index in [0.29, 0.717) is 3.57 Å². The Kier molecular flexibility index (Phi) is 6.62. The van der Waals surface area contributed by atoms with Crippen molar-refractivity contribution in [1.82, 2.24) is 4.90 Å². The number of thioether (sulfide) groups is 1. The normalized spacial score (nSPS) is 17.7. The van der Waals surface area contributed by atoms with Crippen LogP contribution in [-0.4, -0.2) is 30.9 Å². The lowest BCUT2D eigenvalue weighted by Gasteiger charge is -2.11. The average Bonchev–Trinajstić information content (AvgIpc) is 2.93. The third-order valence-electron chi connectivity index (χ3n) is 3.78. The average molecular weight is 595 g/mol. The summed E-state index contributed by atoms with van der Waals surface area (Å²) in [6, 6.07) is 10.9. The minimum absolute atomic E-state index is 0.0217. The van der Waals surface area contributed by atoms with E-state index in [4.69, 9.17) is 0 Å². The lowest BCUT2D eigenvalue weighted by atomic mass is 10.2. The summed E-state index contributed by atoms with van der Waals surface area (Å²) >= 11 is 6.04. The Labute approximate surface area is 188 Å². The maximum absolute atomic E-state index is 14.3. The van der Waals surface area contributed by atoms with Gasteiger partial charge in [0.25, 0.3) is 15.9 Å². The van der Waals surface area contributed by atoms with Gasteiger partial charge in [0, 0.05) is 20.2 Å². The van der Waals surface area contributed by atoms with Crippen LogP contribution < -0.4 is 0 Å². The highest BCUT2D eigenvalue weighted by Crippen LogP contribution is 2.34. The van der Waals surface area contributed by atoms with Crippen LogP contribution in [0.4, 0.5) is 4.39 Å². The van der Waals surface area contributed by atoms with E-state index in [1.54, 1.807) is 37.3 Å². The number of hydrogen-bond donors (Lipinski definition) is 0. The fraction of sp³-hybridized carbons (Fsp3) is 0.111. The number of benzene rings is 2. The van der Waals surface area contributed by atoms with Crippen LogP contribution in [-0.2, 0) is 14.8 Å². The van der Waals surface area contributed by atoms with Crippen LogP contribution >= 0.6 is 50.3 Å². The van der Waals surface area contributed by atoms with Crippen LogP contribution in [0.15, 0.2) is 61.1 Å². The van der Waals surface area contributed by atoms with Gasteiger partial charge in [-0.25, -0.2) is 4.39 Å². The zero-order chi connectivity index (χ0) is 20.5. The SMILES string of the molecule is CCN1C(=O)/C(=C/c2cccc(I)c2F)S/C1=N/S(=O)(=O)c1ccc(Br)cc1. The van der Waals surface area contributed by atoms with Gasteiger partial charge in [-0.1, -0.05) is 28.1 Å². The van der Waals surface area contributed by atoms with E-state index in [0.717, 1.165) is 16.2 Å². The highest BCUT2D eigenvalue weighted by Gasteiger charge is 2.34. The van der Waals surface area contributed by atoms with Crippen molar-refractivity contribution >= 4 is 77.5 Å². The molecular formula is C18H13BrFIN2O3S2. The van der Waals surface area contributed by atoms with Crippen molar-refractivity contribution in [2.24, 2.45) is 4.40 Å². The van der Waals surface area contributed by atoms with Crippen LogP contribution in [0.3, 0.4) is 0 Å². The van der Waals surface area contributed by atoms with Gasteiger partial charge < -0.3 is 0 Å². The van der Waals surface area contributed by atoms with Crippen molar-refractivity contribution in [3.63, 3.8) is 0 Å². The quantitative estimate of drug-likeness (QED) is 0.374. The summed E-state index contributed by atoms with van der Waals surface area (Å²) in [4.78, 5) is 14.1. The van der Waals surface area contributed by atoms with Gasteiger partial charge in [0.1, 0.15) is 5.82 Å². The molecule has 0 saturated carbocycles. The molecule has 1 fully saturated rings. The number of likely N-dealkylation sites (N-methyl/N-ethyl adjacent to an activating group) is 1. The predicted octanol–water partition coefficient (Wildman–Crippen LogP) is 4.87. The first-order chi connectivity index (χ1) is 13.2. The molecule has 1 aliphatic heterocycles. The molecule has 10 heteroatoms. The minimum Gasteiger partial charge on any atom is -0.286 e. The van der Waals surface area contributed by atoms with E-state index < -0.39 is 21.7 Å². The molecule has 146 valence electrons. The van der Waals surface area contributed by atoms with Crippen molar-refractivity contribution in [2.45, 2.75) is 11.8 Å². The fourth-order valence-electron chi connectivity index (χ4n) is 2.39. The summed E-state index contributed by atoms with van der Waals surface area (Å²) in [5.74, 6) is -0.838. The molecule has 2 aromatic carbocycles. The Balaban J connectivity index is 1.99. The third-order valence-corrected chi connectivity index (χ3v) is 7.55. The standard InChI is InChI=1S/C18H13BrFIN2O3S2/c1-2-23-17(24)15(10-11-4-3-5-14(21)16(11)20)27-18(23)22-28(25,26)13-8-6-12(19)7-9-13/h3-10H,2H2,1H3/b15-10-,22-18+. The summed E-state index contributed by atoms with van der Waals surface area (Å²) in [6.07, 6.45) is 1.42. The molecule has 0 aromatic heterocycles. The van der Waals surface area contributed by atoms with E-state index in [-0.39, 0.29) is 27.1 Å². The van der Waals surface area contributed by atoms with Crippen LogP contribution in [0.25, 0.3) is 6.08 Å². The molecule has 28 heavy (non-hydrogen) atoms. The van der Waals surface area contributed by atoms with Crippen LogP contribution in [0, 0.1) is 9.39 Å². The van der Waals surface area contributed by atoms with Crippen molar-refractivity contribution in [1.29, 1.82) is 0 Å². The summed E-state index contributed by atoms with van der Waals surface area (Å²) in [6.45, 7) is 1.96. The van der Waals surface area contributed by atoms with Gasteiger partial charge >= 0.3 is 0 Å². The van der Waals surface area contributed by atoms with Crippen LogP contribution in [0.1, 0.15) is 12.5 Å². The summed E-state index contributed by atoms with van der Waals surface area (Å²) in [7, 11) is -3.99. The van der Waals surface area contributed by atoms with Gasteiger partial charge in [-0.05, 0) is 77.7 Å². The number of nitrogens with zero attached hydrogens (tertiary/aromatic N) is 2. The molecular weight excluding hydrogens is 582 g/mol. The molecule has 1 heterocycles. The lowest BCUT2D eigenvalue weighted by Crippen LogP contribution is -2.29. The van der Waals surface area contributed by atoms with Gasteiger partial charge in [-0.15, -0.1) is 4.40 Å². The molecule has 0 aliphatic carbocycles. The van der Waals surface area contributed by atoms with Crippen molar-refractivity contribution < 1.29 is 17.6 Å². The van der Waals surface area contributed by atoms with E-state index >= 15 is 0 Å². The maximum Gasteiger partial charge on any atom is 0.284 e.